The first kappa shape index (κ1) is 19.2. The number of carbonyl (C=O) groups excluding carboxylic acids is 1. The lowest BCUT2D eigenvalue weighted by Gasteiger charge is -2.51. The van der Waals surface area contributed by atoms with Crippen molar-refractivity contribution in [3.05, 3.63) is 65.7 Å². The summed E-state index contributed by atoms with van der Waals surface area (Å²) in [6.45, 7) is 10.2. The van der Waals surface area contributed by atoms with Crippen LogP contribution in [0.1, 0.15) is 38.3 Å². The summed E-state index contributed by atoms with van der Waals surface area (Å²) in [5, 5.41) is 0. The number of ether oxygens (including phenoxy) is 1. The number of benzene rings is 2. The number of rotatable bonds is 3. The second-order valence-corrected chi connectivity index (χ2v) is 8.82. The molecule has 28 heavy (non-hydrogen) atoms. The van der Waals surface area contributed by atoms with E-state index in [-0.39, 0.29) is 16.9 Å². The van der Waals surface area contributed by atoms with Gasteiger partial charge in [-0.3, -0.25) is 9.69 Å². The Morgan fingerprint density at radius 2 is 1.61 bits per heavy atom. The fraction of sp³-hybridized carbons (Fsp3) is 0.458. The van der Waals surface area contributed by atoms with E-state index in [0.29, 0.717) is 19.8 Å². The molecule has 4 rings (SSSR count). The van der Waals surface area contributed by atoms with Crippen molar-refractivity contribution in [1.82, 2.24) is 4.90 Å². The molecule has 1 amide bonds. The summed E-state index contributed by atoms with van der Waals surface area (Å²) >= 11 is 0. The number of hydrogen-bond acceptors (Lipinski definition) is 3. The van der Waals surface area contributed by atoms with Gasteiger partial charge in [0, 0.05) is 29.7 Å². The van der Waals surface area contributed by atoms with E-state index in [2.05, 4.69) is 74.2 Å². The molecular formula is C24H30N2O2. The molecule has 4 nitrogen and oxygen atoms in total. The van der Waals surface area contributed by atoms with Crippen molar-refractivity contribution in [2.24, 2.45) is 0 Å². The Morgan fingerprint density at radius 3 is 2.32 bits per heavy atom. The highest BCUT2D eigenvalue weighted by molar-refractivity contribution is 5.98. The van der Waals surface area contributed by atoms with Crippen LogP contribution < -0.4 is 4.90 Å². The highest BCUT2D eigenvalue weighted by Crippen LogP contribution is 2.50. The quantitative estimate of drug-likeness (QED) is 0.814. The van der Waals surface area contributed by atoms with E-state index in [4.69, 9.17) is 4.74 Å². The molecule has 148 valence electrons. The predicted molar refractivity (Wildman–Crippen MR) is 113 cm³/mol. The van der Waals surface area contributed by atoms with Gasteiger partial charge in [0.1, 0.15) is 0 Å². The zero-order valence-electron chi connectivity index (χ0n) is 17.1. The van der Waals surface area contributed by atoms with Crippen LogP contribution in [-0.2, 0) is 14.9 Å². The maximum Gasteiger partial charge on any atom is 0.241 e. The number of fused-ring (bicyclic) bond motifs is 1. The van der Waals surface area contributed by atoms with Gasteiger partial charge < -0.3 is 9.64 Å². The summed E-state index contributed by atoms with van der Waals surface area (Å²) in [6.07, 6.45) is 0.885. The molecule has 2 aromatic carbocycles. The number of morpholine rings is 1. The monoisotopic (exact) mass is 378 g/mol. The number of hydrogen-bond donors (Lipinski definition) is 0. The lowest BCUT2D eigenvalue weighted by Crippen LogP contribution is -2.58. The fourth-order valence-electron chi connectivity index (χ4n) is 5.06. The summed E-state index contributed by atoms with van der Waals surface area (Å²) in [6, 6.07) is 19.1. The van der Waals surface area contributed by atoms with Gasteiger partial charge in [-0.1, -0.05) is 55.5 Å². The van der Waals surface area contributed by atoms with Crippen LogP contribution in [0.15, 0.2) is 54.6 Å². The van der Waals surface area contributed by atoms with E-state index in [1.165, 1.54) is 11.1 Å². The first-order valence-electron chi connectivity index (χ1n) is 10.2. The zero-order valence-corrected chi connectivity index (χ0v) is 17.1. The minimum absolute atomic E-state index is 0.128. The molecule has 4 heteroatoms. The van der Waals surface area contributed by atoms with Gasteiger partial charge in [-0.25, -0.2) is 0 Å². The zero-order chi connectivity index (χ0) is 19.8. The van der Waals surface area contributed by atoms with Gasteiger partial charge in [0.15, 0.2) is 0 Å². The Morgan fingerprint density at radius 1 is 0.964 bits per heavy atom. The van der Waals surface area contributed by atoms with Gasteiger partial charge in [-0.15, -0.1) is 0 Å². The second kappa shape index (κ2) is 7.34. The minimum Gasteiger partial charge on any atom is -0.379 e. The van der Waals surface area contributed by atoms with Crippen LogP contribution in [0.25, 0.3) is 0 Å². The van der Waals surface area contributed by atoms with E-state index >= 15 is 0 Å². The van der Waals surface area contributed by atoms with Crippen molar-refractivity contribution in [2.75, 3.05) is 37.7 Å². The summed E-state index contributed by atoms with van der Waals surface area (Å²) < 4.78 is 5.43. The van der Waals surface area contributed by atoms with Crippen LogP contribution in [0.5, 0.6) is 0 Å². The lowest BCUT2D eigenvalue weighted by atomic mass is 9.65. The molecule has 0 radical (unpaired) electrons. The van der Waals surface area contributed by atoms with Gasteiger partial charge in [0.2, 0.25) is 5.91 Å². The summed E-state index contributed by atoms with van der Waals surface area (Å²) in [5.41, 5.74) is 3.18. The van der Waals surface area contributed by atoms with Crippen molar-refractivity contribution in [1.29, 1.82) is 0 Å². The molecule has 2 heterocycles. The molecule has 0 aromatic heterocycles. The molecule has 0 bridgehead atoms. The third-order valence-electron chi connectivity index (χ3n) is 6.25. The summed E-state index contributed by atoms with van der Waals surface area (Å²) in [5.74, 6) is 0.175. The molecule has 2 aromatic rings. The Labute approximate surface area is 168 Å². The smallest absolute Gasteiger partial charge is 0.241 e. The topological polar surface area (TPSA) is 32.8 Å². The fourth-order valence-corrected chi connectivity index (χ4v) is 5.06. The number of anilines is 1. The third-order valence-corrected chi connectivity index (χ3v) is 6.25. The molecule has 1 fully saturated rings. The van der Waals surface area contributed by atoms with Crippen LogP contribution in [-0.4, -0.2) is 49.2 Å². The maximum absolute atomic E-state index is 13.4. The molecule has 2 aliphatic heterocycles. The molecule has 0 aliphatic carbocycles. The minimum atomic E-state index is -0.275. The van der Waals surface area contributed by atoms with Gasteiger partial charge >= 0.3 is 0 Å². The number of carbonyl (C=O) groups is 1. The highest BCUT2D eigenvalue weighted by Gasteiger charge is 2.47. The average Bonchev–Trinajstić information content (AvgIpc) is 2.69. The number of para-hydroxylation sites is 1. The molecule has 0 N–H and O–H groups in total. The van der Waals surface area contributed by atoms with Crippen LogP contribution in [0.4, 0.5) is 5.69 Å². The largest absolute Gasteiger partial charge is 0.379 e. The van der Waals surface area contributed by atoms with Crippen LogP contribution in [0.3, 0.4) is 0 Å². The van der Waals surface area contributed by atoms with Gasteiger partial charge in [0.05, 0.1) is 19.8 Å². The van der Waals surface area contributed by atoms with Crippen LogP contribution in [0, 0.1) is 0 Å². The van der Waals surface area contributed by atoms with E-state index < -0.39 is 0 Å². The maximum atomic E-state index is 13.4. The molecular weight excluding hydrogens is 348 g/mol. The Balaban J connectivity index is 1.73. The second-order valence-electron chi connectivity index (χ2n) is 8.82. The average molecular weight is 379 g/mol. The third kappa shape index (κ3) is 3.36. The van der Waals surface area contributed by atoms with Crippen molar-refractivity contribution in [3.63, 3.8) is 0 Å². The van der Waals surface area contributed by atoms with Crippen molar-refractivity contribution in [2.45, 2.75) is 38.1 Å². The van der Waals surface area contributed by atoms with E-state index in [0.717, 1.165) is 25.2 Å². The van der Waals surface area contributed by atoms with Crippen LogP contribution in [0.2, 0.25) is 0 Å². The lowest BCUT2D eigenvalue weighted by molar-refractivity contribution is -0.122. The summed E-state index contributed by atoms with van der Waals surface area (Å²) in [4.78, 5) is 17.7. The Kier molecular flexibility index (Phi) is 5.02. The molecule has 1 saturated heterocycles. The van der Waals surface area contributed by atoms with E-state index in [1.54, 1.807) is 0 Å². The molecule has 1 atom stereocenters. The van der Waals surface area contributed by atoms with Gasteiger partial charge in [-0.2, -0.15) is 0 Å². The molecule has 0 saturated carbocycles. The standard InChI is InChI=1S/C24H30N2O2/c1-23(2)18-24(3,19-9-5-4-6-10-19)20-11-7-8-12-21(20)26(23)22(27)17-25-13-15-28-16-14-25/h4-12H,13-18H2,1-3H3/t24-/m0/s1. The molecule has 0 unspecified atom stereocenters. The normalized spacial score (nSPS) is 24.6. The molecule has 0 spiro atoms. The number of amides is 1. The first-order chi connectivity index (χ1) is 13.4. The first-order valence-corrected chi connectivity index (χ1v) is 10.2. The van der Waals surface area contributed by atoms with E-state index in [1.807, 2.05) is 11.0 Å². The van der Waals surface area contributed by atoms with Crippen LogP contribution >= 0.6 is 0 Å². The summed E-state index contributed by atoms with van der Waals surface area (Å²) in [7, 11) is 0. The van der Waals surface area contributed by atoms with E-state index in [9.17, 15) is 4.79 Å². The van der Waals surface area contributed by atoms with Crippen molar-refractivity contribution in [3.8, 4) is 0 Å². The predicted octanol–water partition coefficient (Wildman–Crippen LogP) is 3.84. The SMILES string of the molecule is CC1(C)C[C@@](C)(c2ccccc2)c2ccccc2N1C(=O)CN1CCOCC1. The Hall–Kier alpha value is -2.17. The highest BCUT2D eigenvalue weighted by atomic mass is 16.5. The Bertz CT molecular complexity index is 843. The van der Waals surface area contributed by atoms with Crippen molar-refractivity contribution >= 4 is 11.6 Å². The number of nitrogens with zero attached hydrogens (tertiary/aromatic N) is 2. The van der Waals surface area contributed by atoms with Crippen molar-refractivity contribution < 1.29 is 9.53 Å². The van der Waals surface area contributed by atoms with Gasteiger partial charge in [-0.05, 0) is 37.5 Å². The molecule has 2 aliphatic rings. The van der Waals surface area contributed by atoms with Gasteiger partial charge in [0.25, 0.3) is 0 Å².